The van der Waals surface area contributed by atoms with Crippen molar-refractivity contribution in [3.8, 4) is 0 Å². The van der Waals surface area contributed by atoms with Gasteiger partial charge in [0.15, 0.2) is 0 Å². The lowest BCUT2D eigenvalue weighted by Gasteiger charge is -2.15. The number of fused-ring (bicyclic) bond motifs is 1. The van der Waals surface area contributed by atoms with Gasteiger partial charge >= 0.3 is 0 Å². The standard InChI is InChI=1S/C18H16BrFN2O/c1-11(12-7-3-5-9-14(12)20)21-18(23)17-16(19)13-8-4-6-10-15(13)22(17)2/h3-11H,1-2H3,(H,21,23). The molecule has 2 aromatic carbocycles. The minimum absolute atomic E-state index is 0.244. The van der Waals surface area contributed by atoms with Gasteiger partial charge in [-0.3, -0.25) is 4.79 Å². The fourth-order valence-electron chi connectivity index (χ4n) is 2.77. The number of halogens is 2. The molecule has 0 spiro atoms. The number of carbonyl (C=O) groups is 1. The maximum Gasteiger partial charge on any atom is 0.269 e. The predicted octanol–water partition coefficient (Wildman–Crippen LogP) is 4.57. The summed E-state index contributed by atoms with van der Waals surface area (Å²) < 4.78 is 16.4. The number of nitrogens with one attached hydrogen (secondary N) is 1. The molecule has 0 fully saturated rings. The zero-order valence-corrected chi connectivity index (χ0v) is 14.4. The van der Waals surface area contributed by atoms with Crippen LogP contribution in [-0.2, 0) is 7.05 Å². The lowest BCUT2D eigenvalue weighted by atomic mass is 10.1. The second-order valence-electron chi connectivity index (χ2n) is 5.46. The minimum Gasteiger partial charge on any atom is -0.344 e. The molecule has 0 bridgehead atoms. The van der Waals surface area contributed by atoms with E-state index in [-0.39, 0.29) is 11.7 Å². The van der Waals surface area contributed by atoms with Crippen molar-refractivity contribution in [2.24, 2.45) is 7.05 Å². The molecule has 3 rings (SSSR count). The first-order valence-electron chi connectivity index (χ1n) is 7.29. The van der Waals surface area contributed by atoms with Crippen molar-refractivity contribution in [2.75, 3.05) is 0 Å². The Morgan fingerprint density at radius 3 is 2.52 bits per heavy atom. The first-order chi connectivity index (χ1) is 11.0. The number of aromatic nitrogens is 1. The van der Waals surface area contributed by atoms with Gasteiger partial charge in [0.25, 0.3) is 5.91 Å². The van der Waals surface area contributed by atoms with Gasteiger partial charge in [0.1, 0.15) is 11.5 Å². The molecule has 1 unspecified atom stereocenters. The van der Waals surface area contributed by atoms with Crippen molar-refractivity contribution in [1.29, 1.82) is 0 Å². The normalized spacial score (nSPS) is 12.3. The second kappa shape index (κ2) is 6.16. The quantitative estimate of drug-likeness (QED) is 0.715. The van der Waals surface area contributed by atoms with Crippen LogP contribution in [0, 0.1) is 5.82 Å². The third kappa shape index (κ3) is 2.77. The van der Waals surface area contributed by atoms with Crippen molar-refractivity contribution < 1.29 is 9.18 Å². The van der Waals surface area contributed by atoms with E-state index in [1.807, 2.05) is 35.9 Å². The molecule has 0 saturated carbocycles. The predicted molar refractivity (Wildman–Crippen MR) is 92.9 cm³/mol. The Bertz CT molecular complexity index is 849. The summed E-state index contributed by atoms with van der Waals surface area (Å²) in [5, 5.41) is 3.84. The number of para-hydroxylation sites is 1. The van der Waals surface area contributed by atoms with Gasteiger partial charge < -0.3 is 9.88 Å². The highest BCUT2D eigenvalue weighted by Crippen LogP contribution is 2.30. The van der Waals surface area contributed by atoms with Crippen molar-refractivity contribution in [3.63, 3.8) is 0 Å². The fraction of sp³-hybridized carbons (Fsp3) is 0.167. The summed E-state index contributed by atoms with van der Waals surface area (Å²) in [6.45, 7) is 1.77. The number of benzene rings is 2. The van der Waals surface area contributed by atoms with Gasteiger partial charge in [0, 0.05) is 23.5 Å². The maximum absolute atomic E-state index is 13.9. The molecule has 0 aliphatic carbocycles. The molecule has 118 valence electrons. The topological polar surface area (TPSA) is 34.0 Å². The van der Waals surface area contributed by atoms with Gasteiger partial charge in [-0.15, -0.1) is 0 Å². The van der Waals surface area contributed by atoms with E-state index in [1.54, 1.807) is 25.1 Å². The number of amides is 1. The summed E-state index contributed by atoms with van der Waals surface area (Å²) in [6, 6.07) is 13.8. The van der Waals surface area contributed by atoms with Crippen LogP contribution in [0.3, 0.4) is 0 Å². The van der Waals surface area contributed by atoms with Crippen LogP contribution < -0.4 is 5.32 Å². The molecule has 0 saturated heterocycles. The highest BCUT2D eigenvalue weighted by Gasteiger charge is 2.21. The first-order valence-corrected chi connectivity index (χ1v) is 8.08. The summed E-state index contributed by atoms with van der Waals surface area (Å²) in [7, 11) is 1.84. The van der Waals surface area contributed by atoms with E-state index in [0.717, 1.165) is 15.4 Å². The van der Waals surface area contributed by atoms with Crippen LogP contribution in [0.25, 0.3) is 10.9 Å². The molecule has 3 nitrogen and oxygen atoms in total. The largest absolute Gasteiger partial charge is 0.344 e. The number of hydrogen-bond donors (Lipinski definition) is 1. The van der Waals surface area contributed by atoms with Crippen molar-refractivity contribution in [1.82, 2.24) is 9.88 Å². The van der Waals surface area contributed by atoms with E-state index in [9.17, 15) is 9.18 Å². The average Bonchev–Trinajstić information content (AvgIpc) is 2.79. The fourth-order valence-corrected chi connectivity index (χ4v) is 3.55. The van der Waals surface area contributed by atoms with Crippen LogP contribution in [0.15, 0.2) is 53.0 Å². The van der Waals surface area contributed by atoms with Crippen LogP contribution in [0.1, 0.15) is 29.0 Å². The molecule has 0 aliphatic heterocycles. The van der Waals surface area contributed by atoms with Crippen molar-refractivity contribution in [3.05, 3.63) is 70.1 Å². The Balaban J connectivity index is 1.94. The molecule has 1 atom stereocenters. The Labute approximate surface area is 142 Å². The minimum atomic E-state index is -0.423. The smallest absolute Gasteiger partial charge is 0.269 e. The SMILES string of the molecule is CC(NC(=O)c1c(Br)c2ccccc2n1C)c1ccccc1F. The zero-order chi connectivity index (χ0) is 16.6. The Morgan fingerprint density at radius 1 is 1.17 bits per heavy atom. The second-order valence-corrected chi connectivity index (χ2v) is 6.25. The zero-order valence-electron chi connectivity index (χ0n) is 12.8. The summed E-state index contributed by atoms with van der Waals surface area (Å²) >= 11 is 3.51. The molecular formula is C18H16BrFN2O. The van der Waals surface area contributed by atoms with Gasteiger partial charge in [-0.1, -0.05) is 36.4 Å². The highest BCUT2D eigenvalue weighted by molar-refractivity contribution is 9.10. The molecule has 0 radical (unpaired) electrons. The number of aryl methyl sites for hydroxylation is 1. The molecule has 1 aromatic heterocycles. The van der Waals surface area contributed by atoms with Crippen molar-refractivity contribution >= 4 is 32.7 Å². The van der Waals surface area contributed by atoms with Gasteiger partial charge in [-0.05, 0) is 35.0 Å². The lowest BCUT2D eigenvalue weighted by molar-refractivity contribution is 0.0930. The number of hydrogen-bond acceptors (Lipinski definition) is 1. The van der Waals surface area contributed by atoms with E-state index >= 15 is 0 Å². The number of carbonyl (C=O) groups excluding carboxylic acids is 1. The first kappa shape index (κ1) is 15.7. The van der Waals surface area contributed by atoms with E-state index in [2.05, 4.69) is 21.2 Å². The van der Waals surface area contributed by atoms with Gasteiger partial charge in [0.2, 0.25) is 0 Å². The van der Waals surface area contributed by atoms with E-state index in [1.165, 1.54) is 6.07 Å². The molecule has 0 aliphatic rings. The van der Waals surface area contributed by atoms with Crippen LogP contribution in [-0.4, -0.2) is 10.5 Å². The van der Waals surface area contributed by atoms with E-state index in [4.69, 9.17) is 0 Å². The summed E-state index contributed by atoms with van der Waals surface area (Å²) in [5.41, 5.74) is 1.95. The average molecular weight is 375 g/mol. The molecule has 1 heterocycles. The van der Waals surface area contributed by atoms with Crippen LogP contribution in [0.2, 0.25) is 0 Å². The summed E-state index contributed by atoms with van der Waals surface area (Å²) in [6.07, 6.45) is 0. The third-order valence-corrected chi connectivity index (χ3v) is 4.78. The Kier molecular flexibility index (Phi) is 4.22. The molecule has 5 heteroatoms. The summed E-state index contributed by atoms with van der Waals surface area (Å²) in [4.78, 5) is 12.7. The Morgan fingerprint density at radius 2 is 1.83 bits per heavy atom. The van der Waals surface area contributed by atoms with Gasteiger partial charge in [-0.2, -0.15) is 0 Å². The molecule has 3 aromatic rings. The third-order valence-electron chi connectivity index (χ3n) is 3.98. The van der Waals surface area contributed by atoms with Gasteiger partial charge in [0.05, 0.1) is 10.5 Å². The van der Waals surface area contributed by atoms with Gasteiger partial charge in [-0.25, -0.2) is 4.39 Å². The van der Waals surface area contributed by atoms with Crippen LogP contribution in [0.5, 0.6) is 0 Å². The molecule has 1 N–H and O–H groups in total. The lowest BCUT2D eigenvalue weighted by Crippen LogP contribution is -2.29. The number of rotatable bonds is 3. The molecular weight excluding hydrogens is 359 g/mol. The molecule has 1 amide bonds. The summed E-state index contributed by atoms with van der Waals surface area (Å²) in [5.74, 6) is -0.567. The highest BCUT2D eigenvalue weighted by atomic mass is 79.9. The number of nitrogens with zero attached hydrogens (tertiary/aromatic N) is 1. The van der Waals surface area contributed by atoms with Crippen molar-refractivity contribution in [2.45, 2.75) is 13.0 Å². The van der Waals surface area contributed by atoms with E-state index < -0.39 is 6.04 Å². The van der Waals surface area contributed by atoms with Crippen LogP contribution in [0.4, 0.5) is 4.39 Å². The Hall–Kier alpha value is -2.14. The molecule has 23 heavy (non-hydrogen) atoms. The maximum atomic E-state index is 13.9. The van der Waals surface area contributed by atoms with E-state index in [0.29, 0.717) is 11.3 Å². The van der Waals surface area contributed by atoms with Crippen LogP contribution >= 0.6 is 15.9 Å². The monoisotopic (exact) mass is 374 g/mol.